The molecule has 0 amide bonds. The highest BCUT2D eigenvalue weighted by Gasteiger charge is 2.32. The zero-order valence-corrected chi connectivity index (χ0v) is 13.1. The lowest BCUT2D eigenvalue weighted by Gasteiger charge is -2.29. The summed E-state index contributed by atoms with van der Waals surface area (Å²) >= 11 is 3.22. The number of hydrogen-bond acceptors (Lipinski definition) is 6. The Bertz CT molecular complexity index is 644. The van der Waals surface area contributed by atoms with E-state index in [2.05, 4.69) is 26.2 Å². The molecule has 7 nitrogen and oxygen atoms in total. The van der Waals surface area contributed by atoms with Crippen molar-refractivity contribution in [1.82, 2.24) is 9.29 Å². The Morgan fingerprint density at radius 3 is 3.05 bits per heavy atom. The first-order valence-corrected chi connectivity index (χ1v) is 8.07. The number of sulfonamides is 1. The molecular weight excluding hydrogens is 348 g/mol. The van der Waals surface area contributed by atoms with Crippen LogP contribution in [0.15, 0.2) is 21.6 Å². The van der Waals surface area contributed by atoms with Gasteiger partial charge in [-0.1, -0.05) is 0 Å². The lowest BCUT2D eigenvalue weighted by Crippen LogP contribution is -2.45. The molecule has 20 heavy (non-hydrogen) atoms. The summed E-state index contributed by atoms with van der Waals surface area (Å²) in [4.78, 5) is 4.11. The van der Waals surface area contributed by atoms with Gasteiger partial charge in [-0.15, -0.1) is 0 Å². The van der Waals surface area contributed by atoms with E-state index >= 15 is 0 Å². The summed E-state index contributed by atoms with van der Waals surface area (Å²) in [6.07, 6.45) is 0.777. The summed E-state index contributed by atoms with van der Waals surface area (Å²) in [6, 6.07) is 3.42. The second-order valence-electron chi connectivity index (χ2n) is 4.10. The number of nitriles is 1. The minimum absolute atomic E-state index is 0.0223. The van der Waals surface area contributed by atoms with Gasteiger partial charge in [0.25, 0.3) is 0 Å². The summed E-state index contributed by atoms with van der Waals surface area (Å²) in [7, 11) is -2.12. The SMILES string of the molecule is CNc1ncc(Br)cc1S(=O)(=O)N1CCOC(C#N)C1. The van der Waals surface area contributed by atoms with Crippen molar-refractivity contribution in [3.63, 3.8) is 0 Å². The standard InChI is InChI=1S/C11H13BrN4O3S/c1-14-11-10(4-8(12)6-15-11)20(17,18)16-2-3-19-9(5-13)7-16/h4,6,9H,2-3,7H2,1H3,(H,14,15). The van der Waals surface area contributed by atoms with E-state index in [0.717, 1.165) is 0 Å². The van der Waals surface area contributed by atoms with Gasteiger partial charge < -0.3 is 10.1 Å². The van der Waals surface area contributed by atoms with Crippen molar-refractivity contribution in [2.75, 3.05) is 32.1 Å². The minimum atomic E-state index is -3.72. The number of halogens is 1. The molecule has 1 N–H and O–H groups in total. The predicted molar refractivity (Wildman–Crippen MR) is 75.6 cm³/mol. The first kappa shape index (κ1) is 15.2. The van der Waals surface area contributed by atoms with Gasteiger partial charge in [0.05, 0.1) is 19.2 Å². The summed E-state index contributed by atoms with van der Waals surface area (Å²) < 4.78 is 32.3. The molecule has 0 spiro atoms. The van der Waals surface area contributed by atoms with Crippen LogP contribution in [0.3, 0.4) is 0 Å². The van der Waals surface area contributed by atoms with E-state index in [1.807, 2.05) is 6.07 Å². The lowest BCUT2D eigenvalue weighted by atomic mass is 10.3. The third-order valence-electron chi connectivity index (χ3n) is 2.85. The van der Waals surface area contributed by atoms with Crippen LogP contribution < -0.4 is 5.32 Å². The summed E-state index contributed by atoms with van der Waals surface area (Å²) in [6.45, 7) is 0.443. The van der Waals surface area contributed by atoms with Crippen LogP contribution in [-0.4, -0.2) is 50.6 Å². The van der Waals surface area contributed by atoms with Crippen LogP contribution >= 0.6 is 15.9 Å². The normalized spacial score (nSPS) is 20.4. The van der Waals surface area contributed by atoms with Crippen molar-refractivity contribution >= 4 is 31.8 Å². The van der Waals surface area contributed by atoms with Gasteiger partial charge in [0, 0.05) is 24.3 Å². The van der Waals surface area contributed by atoms with E-state index < -0.39 is 16.1 Å². The fourth-order valence-corrected chi connectivity index (χ4v) is 3.95. The van der Waals surface area contributed by atoms with Gasteiger partial charge in [-0.3, -0.25) is 0 Å². The van der Waals surface area contributed by atoms with Crippen molar-refractivity contribution in [1.29, 1.82) is 5.26 Å². The number of nitrogens with zero attached hydrogens (tertiary/aromatic N) is 3. The molecule has 1 unspecified atom stereocenters. The Hall–Kier alpha value is -1.21. The smallest absolute Gasteiger partial charge is 0.246 e. The van der Waals surface area contributed by atoms with E-state index in [1.54, 1.807) is 7.05 Å². The first-order valence-electron chi connectivity index (χ1n) is 5.83. The Labute approximate surface area is 125 Å². The summed E-state index contributed by atoms with van der Waals surface area (Å²) in [5, 5.41) is 11.6. The van der Waals surface area contributed by atoms with Gasteiger partial charge in [0.2, 0.25) is 10.0 Å². The fourth-order valence-electron chi connectivity index (χ4n) is 1.87. The van der Waals surface area contributed by atoms with Crippen LogP contribution in [0, 0.1) is 11.3 Å². The van der Waals surface area contributed by atoms with E-state index in [0.29, 0.717) is 4.47 Å². The number of anilines is 1. The molecule has 0 aliphatic carbocycles. The van der Waals surface area contributed by atoms with E-state index in [4.69, 9.17) is 10.00 Å². The highest BCUT2D eigenvalue weighted by molar-refractivity contribution is 9.10. The second kappa shape index (κ2) is 6.05. The molecule has 9 heteroatoms. The van der Waals surface area contributed by atoms with Gasteiger partial charge in [0.1, 0.15) is 10.7 Å². The number of morpholine rings is 1. The molecule has 108 valence electrons. The maximum absolute atomic E-state index is 12.6. The number of hydrogen-bond donors (Lipinski definition) is 1. The van der Waals surface area contributed by atoms with Gasteiger partial charge in [0.15, 0.2) is 6.10 Å². The van der Waals surface area contributed by atoms with Crippen molar-refractivity contribution in [3.05, 3.63) is 16.7 Å². The Morgan fingerprint density at radius 2 is 2.40 bits per heavy atom. The molecule has 0 radical (unpaired) electrons. The van der Waals surface area contributed by atoms with E-state index in [1.165, 1.54) is 16.6 Å². The van der Waals surface area contributed by atoms with Crippen molar-refractivity contribution in [2.24, 2.45) is 0 Å². The number of pyridine rings is 1. The second-order valence-corrected chi connectivity index (χ2v) is 6.92. The van der Waals surface area contributed by atoms with Crippen molar-refractivity contribution in [2.45, 2.75) is 11.0 Å². The number of nitrogens with one attached hydrogen (secondary N) is 1. The average Bonchev–Trinajstić information content (AvgIpc) is 2.47. The highest BCUT2D eigenvalue weighted by atomic mass is 79.9. The molecule has 0 bridgehead atoms. The lowest BCUT2D eigenvalue weighted by molar-refractivity contribution is 0.0311. The van der Waals surface area contributed by atoms with Gasteiger partial charge >= 0.3 is 0 Å². The molecule has 2 heterocycles. The zero-order valence-electron chi connectivity index (χ0n) is 10.7. The van der Waals surface area contributed by atoms with Gasteiger partial charge in [-0.25, -0.2) is 13.4 Å². The molecule has 1 aromatic heterocycles. The number of rotatable bonds is 3. The monoisotopic (exact) mass is 360 g/mol. The van der Waals surface area contributed by atoms with Gasteiger partial charge in [-0.05, 0) is 22.0 Å². The average molecular weight is 361 g/mol. The topological polar surface area (TPSA) is 95.3 Å². The molecule has 2 rings (SSSR count). The fraction of sp³-hybridized carbons (Fsp3) is 0.455. The summed E-state index contributed by atoms with van der Waals surface area (Å²) in [5.41, 5.74) is 0. The Balaban J connectivity index is 2.40. The van der Waals surface area contributed by atoms with Crippen LogP contribution in [0.25, 0.3) is 0 Å². The van der Waals surface area contributed by atoms with Crippen molar-refractivity contribution < 1.29 is 13.2 Å². The molecule has 1 aromatic rings. The third-order valence-corrected chi connectivity index (χ3v) is 5.16. The first-order chi connectivity index (χ1) is 9.48. The van der Waals surface area contributed by atoms with Crippen LogP contribution in [-0.2, 0) is 14.8 Å². The van der Waals surface area contributed by atoms with Crippen LogP contribution in [0.4, 0.5) is 5.82 Å². The maximum Gasteiger partial charge on any atom is 0.246 e. The predicted octanol–water partition coefficient (Wildman–Crippen LogP) is 0.799. The molecular formula is C11H13BrN4O3S. The molecule has 1 atom stereocenters. The van der Waals surface area contributed by atoms with Crippen LogP contribution in [0.2, 0.25) is 0 Å². The zero-order chi connectivity index (χ0) is 14.8. The number of ether oxygens (including phenoxy) is 1. The van der Waals surface area contributed by atoms with Crippen LogP contribution in [0.5, 0.6) is 0 Å². The molecule has 1 fully saturated rings. The third kappa shape index (κ3) is 2.93. The minimum Gasteiger partial charge on any atom is -0.372 e. The molecule has 0 aromatic carbocycles. The molecule has 1 saturated heterocycles. The highest BCUT2D eigenvalue weighted by Crippen LogP contribution is 2.26. The number of aromatic nitrogens is 1. The van der Waals surface area contributed by atoms with Gasteiger partial charge in [-0.2, -0.15) is 9.57 Å². The van der Waals surface area contributed by atoms with Crippen molar-refractivity contribution in [3.8, 4) is 6.07 Å². The maximum atomic E-state index is 12.6. The molecule has 0 saturated carbocycles. The molecule has 1 aliphatic rings. The van der Waals surface area contributed by atoms with E-state index in [9.17, 15) is 8.42 Å². The summed E-state index contributed by atoms with van der Waals surface area (Å²) in [5.74, 6) is 0.271. The molecule has 1 aliphatic heterocycles. The quantitative estimate of drug-likeness (QED) is 0.856. The van der Waals surface area contributed by atoms with E-state index in [-0.39, 0.29) is 30.4 Å². The Kier molecular flexibility index (Phi) is 4.59. The largest absolute Gasteiger partial charge is 0.372 e. The van der Waals surface area contributed by atoms with Crippen LogP contribution in [0.1, 0.15) is 0 Å². The Morgan fingerprint density at radius 1 is 1.65 bits per heavy atom.